The Labute approximate surface area is 94.6 Å². The highest BCUT2D eigenvalue weighted by molar-refractivity contribution is 8.00. The maximum atomic E-state index is 5.44. The lowest BCUT2D eigenvalue weighted by molar-refractivity contribution is 0.573. The number of nitrogens with one attached hydrogen (secondary N) is 2. The van der Waals surface area contributed by atoms with Gasteiger partial charge in [-0.15, -0.1) is 5.10 Å². The number of thioether (sulfide) groups is 1. The maximum Gasteiger partial charge on any atom is 0.243 e. The van der Waals surface area contributed by atoms with Crippen LogP contribution in [0.1, 0.15) is 26.7 Å². The number of nitrogen functional groups attached to an aromatic ring is 1. The second-order valence-corrected chi connectivity index (χ2v) is 4.77. The van der Waals surface area contributed by atoms with Crippen molar-refractivity contribution in [2.75, 3.05) is 23.9 Å². The van der Waals surface area contributed by atoms with Gasteiger partial charge in [0.25, 0.3) is 0 Å². The fourth-order valence-corrected chi connectivity index (χ4v) is 2.25. The number of anilines is 2. The predicted octanol–water partition coefficient (Wildman–Crippen LogP) is 1.72. The highest BCUT2D eigenvalue weighted by Crippen LogP contribution is 2.30. The first-order chi connectivity index (χ1) is 7.15. The summed E-state index contributed by atoms with van der Waals surface area (Å²) in [5.41, 5.74) is 5.44. The van der Waals surface area contributed by atoms with Crippen LogP contribution in [0.3, 0.4) is 0 Å². The fourth-order valence-electron chi connectivity index (χ4n) is 1.45. The zero-order chi connectivity index (χ0) is 11.3. The molecule has 5 nitrogen and oxygen atoms in total. The lowest BCUT2D eigenvalue weighted by atomic mass is 10.0. The molecule has 0 aliphatic heterocycles. The monoisotopic (exact) mass is 229 g/mol. The van der Waals surface area contributed by atoms with E-state index in [-0.39, 0.29) is 4.75 Å². The summed E-state index contributed by atoms with van der Waals surface area (Å²) < 4.78 is 0.259. The number of nitrogens with zero attached hydrogens (tertiary/aromatic N) is 2. The summed E-state index contributed by atoms with van der Waals surface area (Å²) in [6.45, 7) is 5.26. The average molecular weight is 229 g/mol. The summed E-state index contributed by atoms with van der Waals surface area (Å²) in [6.07, 6.45) is 4.39. The van der Waals surface area contributed by atoms with Crippen LogP contribution in [0.25, 0.3) is 0 Å². The second-order valence-electron chi connectivity index (χ2n) is 3.49. The van der Waals surface area contributed by atoms with Crippen molar-refractivity contribution in [3.05, 3.63) is 0 Å². The fraction of sp³-hybridized carbons (Fsp3) is 0.778. The molecule has 0 aliphatic rings. The summed E-state index contributed by atoms with van der Waals surface area (Å²) in [5.74, 6) is 0.924. The maximum absolute atomic E-state index is 5.44. The second kappa shape index (κ2) is 5.25. The van der Waals surface area contributed by atoms with Crippen molar-refractivity contribution in [1.82, 2.24) is 15.2 Å². The number of H-pyrrole nitrogens is 1. The van der Waals surface area contributed by atoms with Crippen molar-refractivity contribution in [2.24, 2.45) is 0 Å². The first-order valence-electron chi connectivity index (χ1n) is 5.12. The van der Waals surface area contributed by atoms with Gasteiger partial charge in [0.2, 0.25) is 11.9 Å². The summed E-state index contributed by atoms with van der Waals surface area (Å²) in [5, 5.41) is 9.75. The van der Waals surface area contributed by atoms with E-state index in [1.807, 2.05) is 11.8 Å². The molecule has 1 aromatic heterocycles. The lowest BCUT2D eigenvalue weighted by Gasteiger charge is -2.29. The smallest absolute Gasteiger partial charge is 0.243 e. The molecular formula is C9H19N5S. The summed E-state index contributed by atoms with van der Waals surface area (Å²) in [7, 11) is 0. The van der Waals surface area contributed by atoms with Gasteiger partial charge in [0.1, 0.15) is 0 Å². The molecule has 0 saturated heterocycles. The topological polar surface area (TPSA) is 79.6 Å². The Morgan fingerprint density at radius 1 is 1.47 bits per heavy atom. The van der Waals surface area contributed by atoms with Gasteiger partial charge in [0.15, 0.2) is 0 Å². The van der Waals surface area contributed by atoms with Crippen molar-refractivity contribution in [1.29, 1.82) is 0 Å². The number of nitrogens with two attached hydrogens (primary N) is 1. The van der Waals surface area contributed by atoms with E-state index < -0.39 is 0 Å². The normalized spacial score (nSPS) is 11.7. The van der Waals surface area contributed by atoms with Crippen LogP contribution >= 0.6 is 11.8 Å². The van der Waals surface area contributed by atoms with E-state index in [0.717, 1.165) is 19.4 Å². The Morgan fingerprint density at radius 2 is 2.13 bits per heavy atom. The Kier molecular flexibility index (Phi) is 4.26. The molecule has 0 spiro atoms. The number of aromatic amines is 1. The third kappa shape index (κ3) is 3.02. The number of hydrogen-bond donors (Lipinski definition) is 3. The third-order valence-corrected chi connectivity index (χ3v) is 4.38. The molecular weight excluding hydrogens is 210 g/mol. The Balaban J connectivity index is 2.54. The minimum Gasteiger partial charge on any atom is -0.368 e. The van der Waals surface area contributed by atoms with Crippen LogP contribution < -0.4 is 11.1 Å². The molecule has 0 amide bonds. The molecule has 15 heavy (non-hydrogen) atoms. The van der Waals surface area contributed by atoms with Crippen LogP contribution in [0.5, 0.6) is 0 Å². The van der Waals surface area contributed by atoms with E-state index in [4.69, 9.17) is 5.73 Å². The Bertz CT molecular complexity index is 286. The van der Waals surface area contributed by atoms with Crippen molar-refractivity contribution >= 4 is 23.7 Å². The van der Waals surface area contributed by atoms with Gasteiger partial charge >= 0.3 is 0 Å². The largest absolute Gasteiger partial charge is 0.368 e. The molecule has 0 fully saturated rings. The van der Waals surface area contributed by atoms with E-state index in [1.54, 1.807) is 0 Å². The van der Waals surface area contributed by atoms with E-state index >= 15 is 0 Å². The van der Waals surface area contributed by atoms with Gasteiger partial charge in [-0.1, -0.05) is 13.8 Å². The zero-order valence-electron chi connectivity index (χ0n) is 9.50. The standard InChI is InChI=1S/C9H19N5S/c1-4-9(5-2,15-3)6-11-8-12-7(10)13-14-8/h4-6H2,1-3H3,(H4,10,11,12,13,14). The van der Waals surface area contributed by atoms with Gasteiger partial charge in [-0.3, -0.25) is 0 Å². The molecule has 0 saturated carbocycles. The van der Waals surface area contributed by atoms with Crippen molar-refractivity contribution in [3.63, 3.8) is 0 Å². The SMILES string of the molecule is CCC(CC)(CNc1n[nH]c(N)n1)SC. The molecule has 4 N–H and O–H groups in total. The van der Waals surface area contributed by atoms with Gasteiger partial charge in [-0.2, -0.15) is 16.7 Å². The average Bonchev–Trinajstić information content (AvgIpc) is 2.67. The molecule has 1 rings (SSSR count). The van der Waals surface area contributed by atoms with Crippen molar-refractivity contribution in [3.8, 4) is 0 Å². The van der Waals surface area contributed by atoms with Gasteiger partial charge in [0, 0.05) is 11.3 Å². The first kappa shape index (κ1) is 12.2. The Morgan fingerprint density at radius 3 is 2.53 bits per heavy atom. The third-order valence-electron chi connectivity index (χ3n) is 2.79. The zero-order valence-corrected chi connectivity index (χ0v) is 10.3. The van der Waals surface area contributed by atoms with E-state index in [0.29, 0.717) is 11.9 Å². The van der Waals surface area contributed by atoms with Crippen LogP contribution in [0.2, 0.25) is 0 Å². The molecule has 0 aromatic carbocycles. The molecule has 0 aliphatic carbocycles. The quantitative estimate of drug-likeness (QED) is 0.692. The van der Waals surface area contributed by atoms with E-state index in [9.17, 15) is 0 Å². The number of aromatic nitrogens is 3. The van der Waals surface area contributed by atoms with Gasteiger partial charge in [-0.05, 0) is 19.1 Å². The predicted molar refractivity (Wildman–Crippen MR) is 66.1 cm³/mol. The van der Waals surface area contributed by atoms with Gasteiger partial charge in [-0.25, -0.2) is 5.10 Å². The van der Waals surface area contributed by atoms with E-state index in [2.05, 4.69) is 40.6 Å². The number of hydrogen-bond acceptors (Lipinski definition) is 5. The summed E-state index contributed by atoms with van der Waals surface area (Å²) >= 11 is 1.88. The molecule has 6 heteroatoms. The van der Waals surface area contributed by atoms with Crippen LogP contribution in [-0.2, 0) is 0 Å². The molecule has 0 radical (unpaired) electrons. The molecule has 1 aromatic rings. The molecule has 0 unspecified atom stereocenters. The summed E-state index contributed by atoms with van der Waals surface area (Å²) in [4.78, 5) is 4.01. The first-order valence-corrected chi connectivity index (χ1v) is 6.35. The van der Waals surface area contributed by atoms with Crippen LogP contribution in [0.4, 0.5) is 11.9 Å². The lowest BCUT2D eigenvalue weighted by Crippen LogP contribution is -2.32. The molecule has 0 atom stereocenters. The van der Waals surface area contributed by atoms with Crippen LogP contribution in [-0.4, -0.2) is 32.7 Å². The van der Waals surface area contributed by atoms with Crippen molar-refractivity contribution in [2.45, 2.75) is 31.4 Å². The van der Waals surface area contributed by atoms with Gasteiger partial charge in [0.05, 0.1) is 0 Å². The van der Waals surface area contributed by atoms with E-state index in [1.165, 1.54) is 0 Å². The van der Waals surface area contributed by atoms with Crippen molar-refractivity contribution < 1.29 is 0 Å². The molecule has 1 heterocycles. The Hall–Kier alpha value is -0.910. The highest BCUT2D eigenvalue weighted by Gasteiger charge is 2.24. The minimum atomic E-state index is 0.259. The summed E-state index contributed by atoms with van der Waals surface area (Å²) in [6, 6.07) is 0. The number of rotatable bonds is 6. The van der Waals surface area contributed by atoms with Crippen LogP contribution in [0, 0.1) is 0 Å². The molecule has 86 valence electrons. The van der Waals surface area contributed by atoms with Crippen LogP contribution in [0.15, 0.2) is 0 Å². The minimum absolute atomic E-state index is 0.259. The van der Waals surface area contributed by atoms with Gasteiger partial charge < -0.3 is 11.1 Å². The highest BCUT2D eigenvalue weighted by atomic mass is 32.2. The molecule has 0 bridgehead atoms.